The quantitative estimate of drug-likeness (QED) is 0.841. The fourth-order valence-corrected chi connectivity index (χ4v) is 2.57. The van der Waals surface area contributed by atoms with Gasteiger partial charge in [-0.1, -0.05) is 6.07 Å². The minimum absolute atomic E-state index is 0.171. The Morgan fingerprint density at radius 1 is 1.29 bits per heavy atom. The molecule has 1 N–H and O–H groups in total. The zero-order valence-corrected chi connectivity index (χ0v) is 10.2. The summed E-state index contributed by atoms with van der Waals surface area (Å²) in [5, 5.41) is 3.30. The van der Waals surface area contributed by atoms with Gasteiger partial charge in [-0.2, -0.15) is 0 Å². The molecule has 17 heavy (non-hydrogen) atoms. The number of fused-ring (bicyclic) bond motifs is 1. The number of nitrogens with zero attached hydrogens (tertiary/aromatic N) is 1. The lowest BCUT2D eigenvalue weighted by atomic mass is 9.91. The first-order valence-corrected chi connectivity index (χ1v) is 6.35. The first kappa shape index (κ1) is 10.8. The molecule has 3 heteroatoms. The van der Waals surface area contributed by atoms with E-state index in [0.717, 1.165) is 31.5 Å². The molecule has 0 spiro atoms. The Hall–Kier alpha value is -1.35. The Morgan fingerprint density at radius 3 is 2.76 bits per heavy atom. The van der Waals surface area contributed by atoms with Gasteiger partial charge in [0, 0.05) is 31.7 Å². The summed E-state index contributed by atoms with van der Waals surface area (Å²) in [5.41, 5.74) is 3.44. The van der Waals surface area contributed by atoms with Gasteiger partial charge in [-0.05, 0) is 42.5 Å². The van der Waals surface area contributed by atoms with E-state index < -0.39 is 0 Å². The second-order valence-corrected chi connectivity index (χ2v) is 5.09. The number of carbonyl (C=O) groups is 1. The second-order valence-electron chi connectivity index (χ2n) is 5.09. The lowest BCUT2D eigenvalue weighted by Gasteiger charge is -2.34. The van der Waals surface area contributed by atoms with Gasteiger partial charge in [0.1, 0.15) is 0 Å². The molecule has 1 aliphatic carbocycles. The molecular weight excluding hydrogens is 212 g/mol. The molecule has 0 saturated heterocycles. The summed E-state index contributed by atoms with van der Waals surface area (Å²) in [6.45, 7) is 1.83. The third-order valence-electron chi connectivity index (χ3n) is 4.03. The van der Waals surface area contributed by atoms with E-state index in [9.17, 15) is 4.79 Å². The smallest absolute Gasteiger partial charge is 0.253 e. The van der Waals surface area contributed by atoms with Crippen LogP contribution >= 0.6 is 0 Å². The van der Waals surface area contributed by atoms with Crippen LogP contribution in [-0.2, 0) is 13.1 Å². The van der Waals surface area contributed by atoms with Crippen LogP contribution in [0, 0.1) is 0 Å². The van der Waals surface area contributed by atoms with Crippen LogP contribution < -0.4 is 5.32 Å². The SMILES string of the molecule is CN(C(=O)c1ccc2c(c1)CNC2)C1CCC1. The molecule has 0 bridgehead atoms. The molecule has 90 valence electrons. The predicted octanol–water partition coefficient (Wildman–Crippen LogP) is 1.91. The zero-order valence-electron chi connectivity index (χ0n) is 10.2. The first-order valence-electron chi connectivity index (χ1n) is 6.35. The number of rotatable bonds is 2. The average molecular weight is 230 g/mol. The topological polar surface area (TPSA) is 32.3 Å². The number of carbonyl (C=O) groups excluding carboxylic acids is 1. The number of hydrogen-bond donors (Lipinski definition) is 1. The highest BCUT2D eigenvalue weighted by Gasteiger charge is 2.26. The first-order chi connectivity index (χ1) is 8.25. The van der Waals surface area contributed by atoms with Crippen molar-refractivity contribution in [2.75, 3.05) is 7.05 Å². The number of nitrogens with one attached hydrogen (secondary N) is 1. The van der Waals surface area contributed by atoms with E-state index in [0.29, 0.717) is 6.04 Å². The van der Waals surface area contributed by atoms with Gasteiger partial charge in [0.15, 0.2) is 0 Å². The van der Waals surface area contributed by atoms with Gasteiger partial charge in [0.2, 0.25) is 0 Å². The molecule has 1 saturated carbocycles. The summed E-state index contributed by atoms with van der Waals surface area (Å²) in [6, 6.07) is 6.56. The van der Waals surface area contributed by atoms with Crippen molar-refractivity contribution in [2.45, 2.75) is 38.4 Å². The van der Waals surface area contributed by atoms with E-state index in [1.807, 2.05) is 24.1 Å². The predicted molar refractivity (Wildman–Crippen MR) is 66.7 cm³/mol. The Bertz CT molecular complexity index is 452. The van der Waals surface area contributed by atoms with E-state index in [1.165, 1.54) is 17.5 Å². The Balaban J connectivity index is 1.81. The monoisotopic (exact) mass is 230 g/mol. The molecule has 0 aromatic heterocycles. The highest BCUT2D eigenvalue weighted by atomic mass is 16.2. The molecule has 1 heterocycles. The van der Waals surface area contributed by atoms with Gasteiger partial charge in [0.05, 0.1) is 0 Å². The minimum atomic E-state index is 0.171. The van der Waals surface area contributed by atoms with Crippen LogP contribution in [0.2, 0.25) is 0 Å². The van der Waals surface area contributed by atoms with Crippen molar-refractivity contribution in [3.8, 4) is 0 Å². The van der Waals surface area contributed by atoms with Crippen molar-refractivity contribution in [1.29, 1.82) is 0 Å². The van der Waals surface area contributed by atoms with Gasteiger partial charge >= 0.3 is 0 Å². The molecule has 2 aliphatic rings. The molecule has 0 radical (unpaired) electrons. The van der Waals surface area contributed by atoms with Crippen molar-refractivity contribution >= 4 is 5.91 Å². The van der Waals surface area contributed by atoms with E-state index >= 15 is 0 Å². The molecule has 1 aromatic carbocycles. The Kier molecular flexibility index (Phi) is 2.63. The van der Waals surface area contributed by atoms with Crippen LogP contribution in [0.25, 0.3) is 0 Å². The van der Waals surface area contributed by atoms with Crippen molar-refractivity contribution < 1.29 is 4.79 Å². The maximum absolute atomic E-state index is 12.3. The molecule has 3 rings (SSSR count). The highest BCUT2D eigenvalue weighted by molar-refractivity contribution is 5.94. The van der Waals surface area contributed by atoms with E-state index in [1.54, 1.807) is 0 Å². The van der Waals surface area contributed by atoms with Crippen molar-refractivity contribution in [1.82, 2.24) is 10.2 Å². The van der Waals surface area contributed by atoms with Crippen LogP contribution in [0.15, 0.2) is 18.2 Å². The van der Waals surface area contributed by atoms with Gasteiger partial charge in [-0.3, -0.25) is 4.79 Å². The molecule has 0 atom stereocenters. The number of hydrogen-bond acceptors (Lipinski definition) is 2. The molecule has 1 amide bonds. The number of benzene rings is 1. The Labute approximate surface area is 102 Å². The summed E-state index contributed by atoms with van der Waals surface area (Å²) in [5.74, 6) is 0.171. The van der Waals surface area contributed by atoms with Crippen molar-refractivity contribution in [3.63, 3.8) is 0 Å². The summed E-state index contributed by atoms with van der Waals surface area (Å²) in [6.07, 6.45) is 3.58. The zero-order chi connectivity index (χ0) is 11.8. The van der Waals surface area contributed by atoms with Crippen LogP contribution in [0.4, 0.5) is 0 Å². The fraction of sp³-hybridized carbons (Fsp3) is 0.500. The number of amides is 1. The molecule has 1 aromatic rings. The van der Waals surface area contributed by atoms with Crippen LogP contribution in [-0.4, -0.2) is 23.9 Å². The van der Waals surface area contributed by atoms with Crippen LogP contribution in [0.3, 0.4) is 0 Å². The lowest BCUT2D eigenvalue weighted by molar-refractivity contribution is 0.0652. The van der Waals surface area contributed by atoms with Crippen LogP contribution in [0.1, 0.15) is 40.7 Å². The summed E-state index contributed by atoms with van der Waals surface area (Å²) < 4.78 is 0. The van der Waals surface area contributed by atoms with Gasteiger partial charge in [-0.15, -0.1) is 0 Å². The van der Waals surface area contributed by atoms with Crippen molar-refractivity contribution in [2.24, 2.45) is 0 Å². The van der Waals surface area contributed by atoms with Crippen LogP contribution in [0.5, 0.6) is 0 Å². The molecular formula is C14H18N2O. The summed E-state index contributed by atoms with van der Waals surface area (Å²) in [4.78, 5) is 14.2. The second kappa shape index (κ2) is 4.15. The van der Waals surface area contributed by atoms with Crippen molar-refractivity contribution in [3.05, 3.63) is 34.9 Å². The Morgan fingerprint density at radius 2 is 2.06 bits per heavy atom. The maximum atomic E-state index is 12.3. The normalized spacial score (nSPS) is 18.6. The molecule has 3 nitrogen and oxygen atoms in total. The van der Waals surface area contributed by atoms with Gasteiger partial charge in [-0.25, -0.2) is 0 Å². The average Bonchev–Trinajstić information content (AvgIpc) is 2.72. The highest BCUT2D eigenvalue weighted by Crippen LogP contribution is 2.25. The molecule has 0 unspecified atom stereocenters. The lowest BCUT2D eigenvalue weighted by Crippen LogP contribution is -2.41. The van der Waals surface area contributed by atoms with E-state index in [-0.39, 0.29) is 5.91 Å². The molecule has 1 fully saturated rings. The van der Waals surface area contributed by atoms with Gasteiger partial charge < -0.3 is 10.2 Å². The maximum Gasteiger partial charge on any atom is 0.253 e. The summed E-state index contributed by atoms with van der Waals surface area (Å²) >= 11 is 0. The van der Waals surface area contributed by atoms with E-state index in [4.69, 9.17) is 0 Å². The summed E-state index contributed by atoms with van der Waals surface area (Å²) in [7, 11) is 1.93. The largest absolute Gasteiger partial charge is 0.339 e. The van der Waals surface area contributed by atoms with Gasteiger partial charge in [0.25, 0.3) is 5.91 Å². The molecule has 1 aliphatic heterocycles. The van der Waals surface area contributed by atoms with E-state index in [2.05, 4.69) is 11.4 Å². The third kappa shape index (κ3) is 1.84. The third-order valence-corrected chi connectivity index (χ3v) is 4.03. The standard InChI is InChI=1S/C14H18N2O/c1-16(13-3-2-4-13)14(17)10-5-6-11-8-15-9-12(11)7-10/h5-7,13,15H,2-4,8-9H2,1H3. The minimum Gasteiger partial charge on any atom is -0.339 e. The fourth-order valence-electron chi connectivity index (χ4n) is 2.57.